The van der Waals surface area contributed by atoms with Crippen LogP contribution in [0.25, 0.3) is 0 Å². The summed E-state index contributed by atoms with van der Waals surface area (Å²) in [6, 6.07) is 5.42. The van der Waals surface area contributed by atoms with Crippen LogP contribution in [0.5, 0.6) is 0 Å². The molecule has 0 aliphatic rings. The normalized spacial score (nSPS) is 15.5. The molecule has 0 saturated heterocycles. The van der Waals surface area contributed by atoms with E-state index in [-0.39, 0.29) is 6.61 Å². The zero-order valence-electron chi connectivity index (χ0n) is 7.22. The van der Waals surface area contributed by atoms with Crippen molar-refractivity contribution in [2.45, 2.75) is 12.5 Å². The number of rotatable bonds is 2. The van der Waals surface area contributed by atoms with E-state index in [0.29, 0.717) is 5.02 Å². The Labute approximate surface area is 90.8 Å². The van der Waals surface area contributed by atoms with E-state index in [1.807, 2.05) is 12.1 Å². The molecular formula is C9H11BrClNO. The molecule has 0 radical (unpaired) electrons. The largest absolute Gasteiger partial charge is 0.394 e. The van der Waals surface area contributed by atoms with Crippen molar-refractivity contribution in [2.75, 3.05) is 6.61 Å². The molecule has 72 valence electrons. The molecule has 0 heterocycles. The first-order valence-corrected chi connectivity index (χ1v) is 5.00. The second-order valence-corrected chi connectivity index (χ2v) is 4.43. The van der Waals surface area contributed by atoms with Gasteiger partial charge in [0, 0.05) is 15.1 Å². The fraction of sp³-hybridized carbons (Fsp3) is 0.333. The standard InChI is InChI=1S/C9H11BrClNO/c1-9(12,5-13)8-6(10)3-2-4-7(8)11/h2-4,13H,5,12H2,1H3/t9-/m1/s1. The van der Waals surface area contributed by atoms with Gasteiger partial charge in [-0.2, -0.15) is 0 Å². The summed E-state index contributed by atoms with van der Waals surface area (Å²) in [5.41, 5.74) is 5.80. The molecule has 0 fully saturated rings. The number of hydrogen-bond acceptors (Lipinski definition) is 2. The third kappa shape index (κ3) is 2.23. The molecule has 4 heteroatoms. The summed E-state index contributed by atoms with van der Waals surface area (Å²) in [6.07, 6.45) is 0. The smallest absolute Gasteiger partial charge is 0.0651 e. The summed E-state index contributed by atoms with van der Waals surface area (Å²) in [6.45, 7) is 1.59. The van der Waals surface area contributed by atoms with E-state index in [2.05, 4.69) is 15.9 Å². The van der Waals surface area contributed by atoms with Gasteiger partial charge in [0.25, 0.3) is 0 Å². The summed E-state index contributed by atoms with van der Waals surface area (Å²) >= 11 is 9.32. The summed E-state index contributed by atoms with van der Waals surface area (Å²) in [4.78, 5) is 0. The predicted octanol–water partition coefficient (Wildman–Crippen LogP) is 2.27. The number of aliphatic hydroxyl groups is 1. The van der Waals surface area contributed by atoms with E-state index >= 15 is 0 Å². The highest BCUT2D eigenvalue weighted by atomic mass is 79.9. The van der Waals surface area contributed by atoms with Crippen molar-refractivity contribution < 1.29 is 5.11 Å². The molecule has 0 aliphatic carbocycles. The van der Waals surface area contributed by atoms with Gasteiger partial charge < -0.3 is 10.8 Å². The Hall–Kier alpha value is -0.0900. The zero-order chi connectivity index (χ0) is 10.1. The number of aliphatic hydroxyl groups excluding tert-OH is 1. The van der Waals surface area contributed by atoms with Crippen molar-refractivity contribution in [1.29, 1.82) is 0 Å². The van der Waals surface area contributed by atoms with Gasteiger partial charge in [-0.05, 0) is 19.1 Å². The van der Waals surface area contributed by atoms with Gasteiger partial charge in [0.1, 0.15) is 0 Å². The Balaban J connectivity index is 3.28. The SMILES string of the molecule is C[C@@](N)(CO)c1c(Cl)cccc1Br. The Morgan fingerprint density at radius 3 is 2.69 bits per heavy atom. The maximum Gasteiger partial charge on any atom is 0.0651 e. The number of nitrogens with two attached hydrogens (primary N) is 1. The lowest BCUT2D eigenvalue weighted by molar-refractivity contribution is 0.209. The molecule has 1 aromatic carbocycles. The van der Waals surface area contributed by atoms with Crippen molar-refractivity contribution in [2.24, 2.45) is 5.73 Å². The molecule has 0 saturated carbocycles. The van der Waals surface area contributed by atoms with Crippen LogP contribution in [0.3, 0.4) is 0 Å². The Kier molecular flexibility index (Phi) is 3.35. The molecule has 3 N–H and O–H groups in total. The predicted molar refractivity (Wildman–Crippen MR) is 57.8 cm³/mol. The molecule has 1 aromatic rings. The third-order valence-electron chi connectivity index (χ3n) is 1.86. The van der Waals surface area contributed by atoms with Crippen LogP contribution < -0.4 is 5.73 Å². The van der Waals surface area contributed by atoms with E-state index in [9.17, 15) is 0 Å². The molecule has 0 bridgehead atoms. The van der Waals surface area contributed by atoms with Gasteiger partial charge in [0.2, 0.25) is 0 Å². The van der Waals surface area contributed by atoms with E-state index in [1.54, 1.807) is 13.0 Å². The van der Waals surface area contributed by atoms with E-state index in [1.165, 1.54) is 0 Å². The fourth-order valence-electron chi connectivity index (χ4n) is 1.12. The lowest BCUT2D eigenvalue weighted by Gasteiger charge is -2.24. The summed E-state index contributed by atoms with van der Waals surface area (Å²) in [7, 11) is 0. The van der Waals surface area contributed by atoms with Gasteiger partial charge in [-0.15, -0.1) is 0 Å². The number of halogens is 2. The van der Waals surface area contributed by atoms with Crippen molar-refractivity contribution in [3.8, 4) is 0 Å². The van der Waals surface area contributed by atoms with Crippen molar-refractivity contribution in [3.05, 3.63) is 33.3 Å². The molecule has 0 unspecified atom stereocenters. The van der Waals surface area contributed by atoms with Gasteiger partial charge >= 0.3 is 0 Å². The molecule has 1 rings (SSSR count). The quantitative estimate of drug-likeness (QED) is 0.861. The second-order valence-electron chi connectivity index (χ2n) is 3.17. The Morgan fingerprint density at radius 1 is 1.62 bits per heavy atom. The average Bonchev–Trinajstić information content (AvgIpc) is 2.03. The topological polar surface area (TPSA) is 46.2 Å². The van der Waals surface area contributed by atoms with E-state index < -0.39 is 5.54 Å². The first kappa shape index (κ1) is 11.0. The van der Waals surface area contributed by atoms with Crippen LogP contribution in [0.1, 0.15) is 12.5 Å². The third-order valence-corrected chi connectivity index (χ3v) is 2.84. The molecule has 0 aromatic heterocycles. The van der Waals surface area contributed by atoms with Crippen LogP contribution in [0, 0.1) is 0 Å². The van der Waals surface area contributed by atoms with Crippen LogP contribution in [-0.2, 0) is 5.54 Å². The van der Waals surface area contributed by atoms with Crippen LogP contribution in [-0.4, -0.2) is 11.7 Å². The Morgan fingerprint density at radius 2 is 2.23 bits per heavy atom. The Bertz CT molecular complexity index is 294. The average molecular weight is 265 g/mol. The lowest BCUT2D eigenvalue weighted by atomic mass is 9.94. The summed E-state index contributed by atoms with van der Waals surface area (Å²) < 4.78 is 0.819. The van der Waals surface area contributed by atoms with Gasteiger partial charge in [-0.1, -0.05) is 33.6 Å². The first-order chi connectivity index (χ1) is 5.99. The van der Waals surface area contributed by atoms with Crippen molar-refractivity contribution in [1.82, 2.24) is 0 Å². The highest BCUT2D eigenvalue weighted by Gasteiger charge is 2.25. The van der Waals surface area contributed by atoms with Crippen LogP contribution in [0.15, 0.2) is 22.7 Å². The molecule has 0 amide bonds. The number of benzene rings is 1. The molecule has 0 spiro atoms. The second kappa shape index (κ2) is 3.96. The molecule has 2 nitrogen and oxygen atoms in total. The maximum absolute atomic E-state index is 9.09. The van der Waals surface area contributed by atoms with Crippen LogP contribution in [0.2, 0.25) is 5.02 Å². The molecule has 13 heavy (non-hydrogen) atoms. The van der Waals surface area contributed by atoms with Gasteiger partial charge in [-0.25, -0.2) is 0 Å². The van der Waals surface area contributed by atoms with Gasteiger partial charge in [0.05, 0.1) is 12.1 Å². The monoisotopic (exact) mass is 263 g/mol. The maximum atomic E-state index is 9.09. The highest BCUT2D eigenvalue weighted by Crippen LogP contribution is 2.32. The molecular weight excluding hydrogens is 253 g/mol. The minimum atomic E-state index is -0.808. The minimum Gasteiger partial charge on any atom is -0.394 e. The lowest BCUT2D eigenvalue weighted by Crippen LogP contribution is -2.37. The van der Waals surface area contributed by atoms with Gasteiger partial charge in [-0.3, -0.25) is 0 Å². The summed E-state index contributed by atoms with van der Waals surface area (Å²) in [5, 5.41) is 9.66. The van der Waals surface area contributed by atoms with Crippen LogP contribution in [0.4, 0.5) is 0 Å². The zero-order valence-corrected chi connectivity index (χ0v) is 9.56. The molecule has 0 aliphatic heterocycles. The fourth-order valence-corrected chi connectivity index (χ4v) is 2.45. The summed E-state index contributed by atoms with van der Waals surface area (Å²) in [5.74, 6) is 0. The minimum absolute atomic E-state index is 0.144. The van der Waals surface area contributed by atoms with Crippen molar-refractivity contribution in [3.63, 3.8) is 0 Å². The van der Waals surface area contributed by atoms with Crippen LogP contribution >= 0.6 is 27.5 Å². The van der Waals surface area contributed by atoms with Crippen molar-refractivity contribution >= 4 is 27.5 Å². The molecule has 1 atom stereocenters. The highest BCUT2D eigenvalue weighted by molar-refractivity contribution is 9.10. The van der Waals surface area contributed by atoms with E-state index in [4.69, 9.17) is 22.4 Å². The van der Waals surface area contributed by atoms with E-state index in [0.717, 1.165) is 10.0 Å². The first-order valence-electron chi connectivity index (χ1n) is 3.83. The number of hydrogen-bond donors (Lipinski definition) is 2. The van der Waals surface area contributed by atoms with Gasteiger partial charge in [0.15, 0.2) is 0 Å².